The van der Waals surface area contributed by atoms with E-state index in [0.717, 1.165) is 31.8 Å². The fourth-order valence-electron chi connectivity index (χ4n) is 1.96. The monoisotopic (exact) mass is 266 g/mol. The lowest BCUT2D eigenvalue weighted by Gasteiger charge is -2.19. The Morgan fingerprint density at radius 1 is 1.17 bits per heavy atom. The molecular weight excluding hydrogens is 240 g/mol. The van der Waals surface area contributed by atoms with Crippen LogP contribution in [0.25, 0.3) is 0 Å². The van der Waals surface area contributed by atoms with E-state index in [9.17, 15) is 0 Å². The van der Waals surface area contributed by atoms with Crippen LogP contribution in [0.15, 0.2) is 29.2 Å². The van der Waals surface area contributed by atoms with Crippen molar-refractivity contribution in [3.05, 3.63) is 29.8 Å². The van der Waals surface area contributed by atoms with Crippen LogP contribution in [0, 0.1) is 0 Å². The fourth-order valence-corrected chi connectivity index (χ4v) is 3.09. The lowest BCUT2D eigenvalue weighted by Crippen LogP contribution is -2.25. The van der Waals surface area contributed by atoms with Crippen LogP contribution in [-0.2, 0) is 0 Å². The Hall–Kier alpha value is -0.510. The highest BCUT2D eigenvalue weighted by Crippen LogP contribution is 2.27. The maximum atomic E-state index is 6.16. The molecule has 0 aromatic heterocycles. The van der Waals surface area contributed by atoms with Crippen molar-refractivity contribution in [2.75, 3.05) is 25.4 Å². The highest BCUT2D eigenvalue weighted by atomic mass is 32.2. The second kappa shape index (κ2) is 8.57. The van der Waals surface area contributed by atoms with Gasteiger partial charge in [-0.25, -0.2) is 0 Å². The minimum absolute atomic E-state index is 0.169. The predicted molar refractivity (Wildman–Crippen MR) is 82.2 cm³/mol. The smallest absolute Gasteiger partial charge is 0.0303 e. The molecule has 0 heterocycles. The molecule has 102 valence electrons. The summed E-state index contributed by atoms with van der Waals surface area (Å²) in [5, 5.41) is 0. The molecule has 0 aliphatic rings. The van der Waals surface area contributed by atoms with E-state index in [4.69, 9.17) is 5.73 Å². The van der Waals surface area contributed by atoms with Gasteiger partial charge in [-0.05, 0) is 31.1 Å². The Morgan fingerprint density at radius 2 is 1.83 bits per heavy atom. The van der Waals surface area contributed by atoms with Gasteiger partial charge in [0.25, 0.3) is 0 Å². The van der Waals surface area contributed by atoms with Crippen molar-refractivity contribution in [2.45, 2.75) is 38.1 Å². The summed E-state index contributed by atoms with van der Waals surface area (Å²) in [6, 6.07) is 8.71. The van der Waals surface area contributed by atoms with Gasteiger partial charge in [0, 0.05) is 23.2 Å². The van der Waals surface area contributed by atoms with E-state index < -0.39 is 0 Å². The number of benzene rings is 1. The van der Waals surface area contributed by atoms with Gasteiger partial charge in [0.1, 0.15) is 0 Å². The molecule has 0 amide bonds. The molecule has 2 nitrogen and oxygen atoms in total. The third-order valence-corrected chi connectivity index (χ3v) is 4.39. The fraction of sp³-hybridized carbons (Fsp3) is 0.600. The standard InChI is InChI=1S/C15H26N2S/c1-4-14(16)13-9-7-8-10-15(13)18-12-11-17(5-2)6-3/h7-10,14H,4-6,11-12,16H2,1-3H3/t14-/m0/s1. The van der Waals surface area contributed by atoms with Crippen molar-refractivity contribution < 1.29 is 0 Å². The first-order chi connectivity index (χ1) is 8.72. The summed E-state index contributed by atoms with van der Waals surface area (Å²) in [5.74, 6) is 1.13. The van der Waals surface area contributed by atoms with Crippen LogP contribution >= 0.6 is 11.8 Å². The lowest BCUT2D eigenvalue weighted by atomic mass is 10.1. The van der Waals surface area contributed by atoms with Gasteiger partial charge in [-0.15, -0.1) is 11.8 Å². The van der Waals surface area contributed by atoms with Crippen LogP contribution in [-0.4, -0.2) is 30.3 Å². The van der Waals surface area contributed by atoms with Crippen LogP contribution in [0.3, 0.4) is 0 Å². The molecule has 3 heteroatoms. The number of rotatable bonds is 8. The van der Waals surface area contributed by atoms with Gasteiger partial charge in [-0.1, -0.05) is 39.0 Å². The largest absolute Gasteiger partial charge is 0.324 e. The summed E-state index contributed by atoms with van der Waals surface area (Å²) in [4.78, 5) is 3.80. The Kier molecular flexibility index (Phi) is 7.40. The number of thioether (sulfide) groups is 1. The molecule has 1 atom stereocenters. The highest BCUT2D eigenvalue weighted by Gasteiger charge is 2.09. The molecule has 0 radical (unpaired) electrons. The normalized spacial score (nSPS) is 12.9. The summed E-state index contributed by atoms with van der Waals surface area (Å²) >= 11 is 1.93. The Balaban J connectivity index is 2.56. The van der Waals surface area contributed by atoms with Crippen LogP contribution < -0.4 is 5.73 Å². The average molecular weight is 266 g/mol. The maximum absolute atomic E-state index is 6.16. The molecule has 0 saturated heterocycles. The Morgan fingerprint density at radius 3 is 2.44 bits per heavy atom. The molecule has 0 fully saturated rings. The summed E-state index contributed by atoms with van der Waals surface area (Å²) in [5.41, 5.74) is 7.45. The second-order valence-electron chi connectivity index (χ2n) is 4.43. The molecular formula is C15H26N2S. The number of hydrogen-bond donors (Lipinski definition) is 1. The number of nitrogens with zero attached hydrogens (tertiary/aromatic N) is 1. The zero-order valence-corrected chi connectivity index (χ0v) is 12.7. The molecule has 1 aromatic rings. The SMILES string of the molecule is CC[C@H](N)c1ccccc1SCCN(CC)CC. The van der Waals surface area contributed by atoms with Gasteiger partial charge >= 0.3 is 0 Å². The third kappa shape index (κ3) is 4.63. The Bertz CT molecular complexity index is 337. The molecule has 1 rings (SSSR count). The van der Waals surface area contributed by atoms with Crippen LogP contribution in [0.4, 0.5) is 0 Å². The predicted octanol–water partition coefficient (Wildman–Crippen LogP) is 3.53. The second-order valence-corrected chi connectivity index (χ2v) is 5.56. The molecule has 1 aromatic carbocycles. The van der Waals surface area contributed by atoms with E-state index in [0.29, 0.717) is 0 Å². The van der Waals surface area contributed by atoms with Crippen molar-refractivity contribution in [3.8, 4) is 0 Å². The van der Waals surface area contributed by atoms with E-state index in [1.807, 2.05) is 11.8 Å². The van der Waals surface area contributed by atoms with Crippen molar-refractivity contribution in [2.24, 2.45) is 5.73 Å². The first kappa shape index (κ1) is 15.5. The van der Waals surface area contributed by atoms with Crippen molar-refractivity contribution in [1.29, 1.82) is 0 Å². The van der Waals surface area contributed by atoms with Gasteiger partial charge in [0.2, 0.25) is 0 Å². The zero-order valence-electron chi connectivity index (χ0n) is 11.9. The molecule has 0 spiro atoms. The van der Waals surface area contributed by atoms with Crippen LogP contribution in [0.2, 0.25) is 0 Å². The molecule has 0 aliphatic heterocycles. The molecule has 0 saturated carbocycles. The van der Waals surface area contributed by atoms with Crippen LogP contribution in [0.1, 0.15) is 38.8 Å². The summed E-state index contributed by atoms with van der Waals surface area (Å²) in [7, 11) is 0. The quantitative estimate of drug-likeness (QED) is 0.730. The van der Waals surface area contributed by atoms with E-state index in [2.05, 4.69) is 49.9 Å². The van der Waals surface area contributed by atoms with E-state index in [1.165, 1.54) is 10.5 Å². The van der Waals surface area contributed by atoms with Crippen molar-refractivity contribution in [1.82, 2.24) is 4.90 Å². The molecule has 0 bridgehead atoms. The molecule has 0 aliphatic carbocycles. The van der Waals surface area contributed by atoms with Crippen molar-refractivity contribution in [3.63, 3.8) is 0 Å². The first-order valence-electron chi connectivity index (χ1n) is 6.92. The van der Waals surface area contributed by atoms with Gasteiger partial charge < -0.3 is 10.6 Å². The van der Waals surface area contributed by atoms with Crippen molar-refractivity contribution >= 4 is 11.8 Å². The highest BCUT2D eigenvalue weighted by molar-refractivity contribution is 7.99. The summed E-state index contributed by atoms with van der Waals surface area (Å²) < 4.78 is 0. The van der Waals surface area contributed by atoms with Gasteiger partial charge in [-0.3, -0.25) is 0 Å². The minimum Gasteiger partial charge on any atom is -0.324 e. The van der Waals surface area contributed by atoms with E-state index in [1.54, 1.807) is 0 Å². The van der Waals surface area contributed by atoms with Gasteiger partial charge in [0.15, 0.2) is 0 Å². The maximum Gasteiger partial charge on any atom is 0.0303 e. The minimum atomic E-state index is 0.169. The number of hydrogen-bond acceptors (Lipinski definition) is 3. The summed E-state index contributed by atoms with van der Waals surface area (Å²) in [6.45, 7) is 9.99. The topological polar surface area (TPSA) is 29.3 Å². The van der Waals surface area contributed by atoms with Gasteiger partial charge in [0.05, 0.1) is 0 Å². The van der Waals surface area contributed by atoms with E-state index >= 15 is 0 Å². The van der Waals surface area contributed by atoms with Gasteiger partial charge in [-0.2, -0.15) is 0 Å². The summed E-state index contributed by atoms with van der Waals surface area (Å²) in [6.07, 6.45) is 0.994. The third-order valence-electron chi connectivity index (χ3n) is 3.32. The Labute approximate surface area is 116 Å². The molecule has 2 N–H and O–H groups in total. The lowest BCUT2D eigenvalue weighted by molar-refractivity contribution is 0.324. The molecule has 0 unspecified atom stereocenters. The van der Waals surface area contributed by atoms with E-state index in [-0.39, 0.29) is 6.04 Å². The van der Waals surface area contributed by atoms with Crippen LogP contribution in [0.5, 0.6) is 0 Å². The average Bonchev–Trinajstić information content (AvgIpc) is 2.43. The zero-order chi connectivity index (χ0) is 13.4. The first-order valence-corrected chi connectivity index (χ1v) is 7.91. The molecule has 18 heavy (non-hydrogen) atoms. The number of nitrogens with two attached hydrogens (primary N) is 1.